The predicted molar refractivity (Wildman–Crippen MR) is 73.8 cm³/mol. The van der Waals surface area contributed by atoms with Crippen LogP contribution in [0.25, 0.3) is 10.9 Å². The number of hydrogen-bond acceptors (Lipinski definition) is 3. The molecule has 1 aromatic heterocycles. The van der Waals surface area contributed by atoms with Crippen LogP contribution in [0.2, 0.25) is 0 Å². The zero-order chi connectivity index (χ0) is 12.5. The van der Waals surface area contributed by atoms with E-state index in [0.717, 1.165) is 29.9 Å². The second kappa shape index (κ2) is 4.58. The zero-order valence-electron chi connectivity index (χ0n) is 10.7. The van der Waals surface area contributed by atoms with Crippen LogP contribution in [0.5, 0.6) is 0 Å². The van der Waals surface area contributed by atoms with E-state index in [4.69, 9.17) is 0 Å². The molecule has 1 saturated heterocycles. The molecule has 1 fully saturated rings. The van der Waals surface area contributed by atoms with Crippen molar-refractivity contribution in [3.8, 4) is 0 Å². The van der Waals surface area contributed by atoms with Gasteiger partial charge >= 0.3 is 0 Å². The van der Waals surface area contributed by atoms with Gasteiger partial charge < -0.3 is 10.0 Å². The summed E-state index contributed by atoms with van der Waals surface area (Å²) in [4.78, 5) is 7.02. The maximum atomic E-state index is 9.21. The van der Waals surface area contributed by atoms with Crippen LogP contribution < -0.4 is 4.90 Å². The number of aliphatic hydroxyl groups excluding tert-OH is 1. The molecular formula is C15H18N2O. The highest BCUT2D eigenvalue weighted by atomic mass is 16.3. The van der Waals surface area contributed by atoms with Crippen LogP contribution in [0.1, 0.15) is 24.1 Å². The minimum absolute atomic E-state index is 0.0740. The molecule has 0 spiro atoms. The zero-order valence-corrected chi connectivity index (χ0v) is 10.7. The smallest absolute Gasteiger partial charge is 0.0729 e. The van der Waals surface area contributed by atoms with Gasteiger partial charge in [0.2, 0.25) is 0 Å². The Bertz CT molecular complexity index is 574. The van der Waals surface area contributed by atoms with Gasteiger partial charge in [0, 0.05) is 29.9 Å². The highest BCUT2D eigenvalue weighted by Crippen LogP contribution is 2.29. The summed E-state index contributed by atoms with van der Waals surface area (Å²) in [5.41, 5.74) is 4.25. The topological polar surface area (TPSA) is 36.4 Å². The average molecular weight is 242 g/mol. The van der Waals surface area contributed by atoms with Gasteiger partial charge in [-0.1, -0.05) is 12.1 Å². The molecule has 0 amide bonds. The molecule has 0 bridgehead atoms. The maximum absolute atomic E-state index is 9.21. The lowest BCUT2D eigenvalue weighted by Crippen LogP contribution is -2.18. The molecule has 3 nitrogen and oxygen atoms in total. The van der Waals surface area contributed by atoms with Gasteiger partial charge in [-0.3, -0.25) is 4.98 Å². The SMILES string of the molecule is Cc1cc(N2CCCC2)c2ccc(CO)cc2n1. The third kappa shape index (κ3) is 1.95. The lowest BCUT2D eigenvalue weighted by Gasteiger charge is -2.20. The van der Waals surface area contributed by atoms with Gasteiger partial charge in [0.1, 0.15) is 0 Å². The molecule has 0 unspecified atom stereocenters. The van der Waals surface area contributed by atoms with Crippen LogP contribution in [0.3, 0.4) is 0 Å². The van der Waals surface area contributed by atoms with Gasteiger partial charge in [-0.15, -0.1) is 0 Å². The summed E-state index contributed by atoms with van der Waals surface area (Å²) in [6, 6.07) is 8.23. The van der Waals surface area contributed by atoms with Gasteiger partial charge in [0.05, 0.1) is 12.1 Å². The van der Waals surface area contributed by atoms with E-state index in [1.165, 1.54) is 23.9 Å². The first-order valence-corrected chi connectivity index (χ1v) is 6.54. The molecule has 1 aliphatic rings. The summed E-state index contributed by atoms with van der Waals surface area (Å²) in [5.74, 6) is 0. The van der Waals surface area contributed by atoms with Crippen molar-refractivity contribution >= 4 is 16.6 Å². The molecule has 0 saturated carbocycles. The third-order valence-electron chi connectivity index (χ3n) is 3.61. The summed E-state index contributed by atoms with van der Waals surface area (Å²) >= 11 is 0. The van der Waals surface area contributed by atoms with Crippen molar-refractivity contribution in [3.63, 3.8) is 0 Å². The van der Waals surface area contributed by atoms with Crippen molar-refractivity contribution in [3.05, 3.63) is 35.5 Å². The van der Waals surface area contributed by atoms with Crippen molar-refractivity contribution in [2.45, 2.75) is 26.4 Å². The fourth-order valence-corrected chi connectivity index (χ4v) is 2.70. The Morgan fingerprint density at radius 3 is 2.72 bits per heavy atom. The number of hydrogen-bond donors (Lipinski definition) is 1. The van der Waals surface area contributed by atoms with E-state index in [9.17, 15) is 5.11 Å². The van der Waals surface area contributed by atoms with E-state index in [1.54, 1.807) is 0 Å². The fourth-order valence-electron chi connectivity index (χ4n) is 2.70. The van der Waals surface area contributed by atoms with Crippen molar-refractivity contribution < 1.29 is 5.11 Å². The number of aryl methyl sites for hydroxylation is 1. The standard InChI is InChI=1S/C15H18N2O/c1-11-8-15(17-6-2-3-7-17)13-5-4-12(10-18)9-14(13)16-11/h4-5,8-9,18H,2-3,6-7,10H2,1H3. The van der Waals surface area contributed by atoms with Crippen LogP contribution in [-0.4, -0.2) is 23.2 Å². The molecule has 18 heavy (non-hydrogen) atoms. The Balaban J connectivity index is 2.17. The quantitative estimate of drug-likeness (QED) is 0.879. The number of rotatable bonds is 2. The Hall–Kier alpha value is -1.61. The van der Waals surface area contributed by atoms with Crippen LogP contribution >= 0.6 is 0 Å². The van der Waals surface area contributed by atoms with E-state index >= 15 is 0 Å². The highest BCUT2D eigenvalue weighted by Gasteiger charge is 2.15. The van der Waals surface area contributed by atoms with Gasteiger partial charge in [0.25, 0.3) is 0 Å². The van der Waals surface area contributed by atoms with Crippen molar-refractivity contribution in [1.82, 2.24) is 4.98 Å². The molecule has 3 rings (SSSR count). The molecule has 1 N–H and O–H groups in total. The normalized spacial score (nSPS) is 15.6. The van der Waals surface area contributed by atoms with E-state index in [1.807, 2.05) is 19.1 Å². The van der Waals surface area contributed by atoms with Crippen molar-refractivity contribution in [1.29, 1.82) is 0 Å². The molecule has 1 aromatic carbocycles. The van der Waals surface area contributed by atoms with E-state index in [0.29, 0.717) is 0 Å². The van der Waals surface area contributed by atoms with Gasteiger partial charge in [-0.25, -0.2) is 0 Å². The largest absolute Gasteiger partial charge is 0.392 e. The second-order valence-electron chi connectivity index (χ2n) is 4.99. The van der Waals surface area contributed by atoms with Crippen molar-refractivity contribution in [2.75, 3.05) is 18.0 Å². The minimum atomic E-state index is 0.0740. The molecule has 0 aliphatic carbocycles. The van der Waals surface area contributed by atoms with Gasteiger partial charge in [0.15, 0.2) is 0 Å². The second-order valence-corrected chi connectivity index (χ2v) is 4.99. The average Bonchev–Trinajstić information content (AvgIpc) is 2.90. The molecule has 0 atom stereocenters. The van der Waals surface area contributed by atoms with Crippen LogP contribution in [-0.2, 0) is 6.61 Å². The Labute approximate surface area is 107 Å². The number of anilines is 1. The minimum Gasteiger partial charge on any atom is -0.392 e. The summed E-state index contributed by atoms with van der Waals surface area (Å²) in [5, 5.41) is 10.4. The number of fused-ring (bicyclic) bond motifs is 1. The number of nitrogens with zero attached hydrogens (tertiary/aromatic N) is 2. The van der Waals surface area contributed by atoms with Gasteiger partial charge in [-0.2, -0.15) is 0 Å². The monoisotopic (exact) mass is 242 g/mol. The van der Waals surface area contributed by atoms with Crippen LogP contribution in [0, 0.1) is 6.92 Å². The summed E-state index contributed by atoms with van der Waals surface area (Å²) in [6.45, 7) is 4.38. The Morgan fingerprint density at radius 1 is 1.22 bits per heavy atom. The number of pyridine rings is 1. The predicted octanol–water partition coefficient (Wildman–Crippen LogP) is 2.64. The van der Waals surface area contributed by atoms with Gasteiger partial charge in [-0.05, 0) is 37.5 Å². The lowest BCUT2D eigenvalue weighted by molar-refractivity contribution is 0.282. The Kier molecular flexibility index (Phi) is 2.92. The molecule has 0 radical (unpaired) electrons. The first kappa shape index (κ1) is 11.5. The molecule has 2 aromatic rings. The first-order chi connectivity index (χ1) is 8.78. The van der Waals surface area contributed by atoms with Crippen LogP contribution in [0.15, 0.2) is 24.3 Å². The summed E-state index contributed by atoms with van der Waals surface area (Å²) < 4.78 is 0. The fraction of sp³-hybridized carbons (Fsp3) is 0.400. The highest BCUT2D eigenvalue weighted by molar-refractivity contribution is 5.92. The molecule has 2 heterocycles. The van der Waals surface area contributed by atoms with E-state index < -0.39 is 0 Å². The lowest BCUT2D eigenvalue weighted by atomic mass is 10.1. The van der Waals surface area contributed by atoms with Crippen molar-refractivity contribution in [2.24, 2.45) is 0 Å². The first-order valence-electron chi connectivity index (χ1n) is 6.54. The summed E-state index contributed by atoms with van der Waals surface area (Å²) in [7, 11) is 0. The summed E-state index contributed by atoms with van der Waals surface area (Å²) in [6.07, 6.45) is 2.55. The Morgan fingerprint density at radius 2 is 2.00 bits per heavy atom. The molecule has 1 aliphatic heterocycles. The number of benzene rings is 1. The number of aromatic nitrogens is 1. The van der Waals surface area contributed by atoms with E-state index in [-0.39, 0.29) is 6.61 Å². The van der Waals surface area contributed by atoms with E-state index in [2.05, 4.69) is 22.0 Å². The molecule has 3 heteroatoms. The molecular weight excluding hydrogens is 224 g/mol. The molecule has 94 valence electrons. The van der Waals surface area contributed by atoms with Crippen LogP contribution in [0.4, 0.5) is 5.69 Å². The number of aliphatic hydroxyl groups is 1. The maximum Gasteiger partial charge on any atom is 0.0729 e. The third-order valence-corrected chi connectivity index (χ3v) is 3.61.